The second-order valence-electron chi connectivity index (χ2n) is 4.49. The van der Waals surface area contributed by atoms with Crippen LogP contribution in [0.2, 0.25) is 5.02 Å². The molecule has 0 aliphatic carbocycles. The lowest BCUT2D eigenvalue weighted by molar-refractivity contribution is -0.0205. The third-order valence-corrected chi connectivity index (χ3v) is 3.43. The molecule has 1 aromatic rings. The summed E-state index contributed by atoms with van der Waals surface area (Å²) in [6, 6.07) is 4.27. The summed E-state index contributed by atoms with van der Waals surface area (Å²) >= 11 is 5.80. The van der Waals surface area contributed by atoms with Crippen molar-refractivity contribution in [2.75, 3.05) is 20.1 Å². The van der Waals surface area contributed by atoms with Gasteiger partial charge in [-0.3, -0.25) is 0 Å². The van der Waals surface area contributed by atoms with E-state index >= 15 is 0 Å². The van der Waals surface area contributed by atoms with Gasteiger partial charge in [-0.1, -0.05) is 11.6 Å². The fourth-order valence-corrected chi connectivity index (χ4v) is 2.32. The van der Waals surface area contributed by atoms with Gasteiger partial charge in [0.15, 0.2) is 0 Å². The fourth-order valence-electron chi connectivity index (χ4n) is 2.10. The Labute approximate surface area is 99.6 Å². The van der Waals surface area contributed by atoms with E-state index in [1.54, 1.807) is 6.07 Å². The first kappa shape index (κ1) is 11.8. The van der Waals surface area contributed by atoms with E-state index in [1.807, 2.05) is 7.05 Å². The van der Waals surface area contributed by atoms with Gasteiger partial charge in [0.05, 0.1) is 5.60 Å². The second-order valence-corrected chi connectivity index (χ2v) is 4.93. The summed E-state index contributed by atoms with van der Waals surface area (Å²) in [4.78, 5) is 2.15. The second kappa shape index (κ2) is 4.32. The molecule has 4 heteroatoms. The van der Waals surface area contributed by atoms with Crippen LogP contribution in [0.15, 0.2) is 18.2 Å². The number of halogens is 2. The number of likely N-dealkylation sites (tertiary alicyclic amines) is 1. The minimum Gasteiger partial charge on any atom is -0.385 e. The molecule has 16 heavy (non-hydrogen) atoms. The van der Waals surface area contributed by atoms with Crippen molar-refractivity contribution in [3.63, 3.8) is 0 Å². The smallest absolute Gasteiger partial charge is 0.125 e. The minimum absolute atomic E-state index is 0.336. The predicted molar refractivity (Wildman–Crippen MR) is 62.0 cm³/mol. The maximum Gasteiger partial charge on any atom is 0.125 e. The lowest BCUT2D eigenvalue weighted by Crippen LogP contribution is -2.40. The molecule has 0 bridgehead atoms. The van der Waals surface area contributed by atoms with Crippen LogP contribution in [-0.2, 0) is 5.60 Å². The van der Waals surface area contributed by atoms with Crippen LogP contribution in [0.1, 0.15) is 18.4 Å². The summed E-state index contributed by atoms with van der Waals surface area (Å²) in [7, 11) is 2.01. The Morgan fingerprint density at radius 3 is 2.50 bits per heavy atom. The first-order chi connectivity index (χ1) is 7.49. The van der Waals surface area contributed by atoms with Gasteiger partial charge in [-0.05, 0) is 43.7 Å². The van der Waals surface area contributed by atoms with E-state index in [0.29, 0.717) is 23.4 Å². The molecule has 2 rings (SSSR count). The van der Waals surface area contributed by atoms with Gasteiger partial charge < -0.3 is 10.0 Å². The summed E-state index contributed by atoms with van der Waals surface area (Å²) in [5.74, 6) is -0.394. The molecule has 0 saturated carbocycles. The monoisotopic (exact) mass is 243 g/mol. The molecule has 1 aromatic carbocycles. The lowest BCUT2D eigenvalue weighted by atomic mass is 9.84. The van der Waals surface area contributed by atoms with E-state index in [9.17, 15) is 9.50 Å². The van der Waals surface area contributed by atoms with Crippen molar-refractivity contribution in [2.45, 2.75) is 18.4 Å². The summed E-state index contributed by atoms with van der Waals surface area (Å²) in [6.07, 6.45) is 1.23. The number of hydrogen-bond acceptors (Lipinski definition) is 2. The van der Waals surface area contributed by atoms with Crippen molar-refractivity contribution in [2.24, 2.45) is 0 Å². The minimum atomic E-state index is -0.932. The zero-order valence-electron chi connectivity index (χ0n) is 9.21. The van der Waals surface area contributed by atoms with Crippen molar-refractivity contribution in [3.05, 3.63) is 34.6 Å². The Morgan fingerprint density at radius 2 is 1.94 bits per heavy atom. The molecule has 0 unspecified atom stereocenters. The molecule has 1 saturated heterocycles. The first-order valence-corrected chi connectivity index (χ1v) is 5.75. The van der Waals surface area contributed by atoms with Gasteiger partial charge in [0.1, 0.15) is 5.82 Å². The van der Waals surface area contributed by atoms with Gasteiger partial charge in [-0.25, -0.2) is 4.39 Å². The van der Waals surface area contributed by atoms with Crippen LogP contribution >= 0.6 is 11.6 Å². The SMILES string of the molecule is CN1CCC(O)(c2cc(F)cc(Cl)c2)CC1. The first-order valence-electron chi connectivity index (χ1n) is 5.37. The molecule has 1 heterocycles. The Kier molecular flexibility index (Phi) is 3.19. The number of hydrogen-bond donors (Lipinski definition) is 1. The van der Waals surface area contributed by atoms with Crippen molar-refractivity contribution in [3.8, 4) is 0 Å². The Morgan fingerprint density at radius 1 is 1.31 bits per heavy atom. The summed E-state index contributed by atoms with van der Waals surface area (Å²) in [6.45, 7) is 1.62. The maximum atomic E-state index is 13.2. The highest BCUT2D eigenvalue weighted by molar-refractivity contribution is 6.30. The van der Waals surface area contributed by atoms with Gasteiger partial charge in [0.2, 0.25) is 0 Å². The number of piperidine rings is 1. The molecule has 0 spiro atoms. The molecule has 1 aliphatic heterocycles. The van der Waals surface area contributed by atoms with E-state index in [2.05, 4.69) is 4.90 Å². The average molecular weight is 244 g/mol. The molecule has 1 fully saturated rings. The largest absolute Gasteiger partial charge is 0.385 e. The topological polar surface area (TPSA) is 23.5 Å². The standard InChI is InChI=1S/C12H15ClFNO/c1-15-4-2-12(16,3-5-15)9-6-10(13)8-11(14)7-9/h6-8,16H,2-5H2,1H3. The molecule has 88 valence electrons. The Balaban J connectivity index is 2.28. The summed E-state index contributed by atoms with van der Waals surface area (Å²) in [5, 5.41) is 10.8. The van der Waals surface area contributed by atoms with Crippen molar-refractivity contribution < 1.29 is 9.50 Å². The van der Waals surface area contributed by atoms with Crippen LogP contribution in [0.4, 0.5) is 4.39 Å². The fraction of sp³-hybridized carbons (Fsp3) is 0.500. The van der Waals surface area contributed by atoms with Crippen LogP contribution in [0, 0.1) is 5.82 Å². The van der Waals surface area contributed by atoms with Gasteiger partial charge in [-0.15, -0.1) is 0 Å². The average Bonchev–Trinajstić information content (AvgIpc) is 2.21. The summed E-state index contributed by atoms with van der Waals surface area (Å²) < 4.78 is 13.2. The maximum absolute atomic E-state index is 13.2. The molecular weight excluding hydrogens is 229 g/mol. The molecular formula is C12H15ClFNO. The molecule has 0 aromatic heterocycles. The highest BCUT2D eigenvalue weighted by Gasteiger charge is 2.33. The lowest BCUT2D eigenvalue weighted by Gasteiger charge is -2.37. The highest BCUT2D eigenvalue weighted by Crippen LogP contribution is 2.34. The molecule has 1 N–H and O–H groups in total. The number of rotatable bonds is 1. The van der Waals surface area contributed by atoms with E-state index in [0.717, 1.165) is 13.1 Å². The third kappa shape index (κ3) is 2.37. The number of aliphatic hydroxyl groups is 1. The van der Waals surface area contributed by atoms with Crippen LogP contribution < -0.4 is 0 Å². The zero-order chi connectivity index (χ0) is 11.8. The highest BCUT2D eigenvalue weighted by atomic mass is 35.5. The van der Waals surface area contributed by atoms with Gasteiger partial charge in [-0.2, -0.15) is 0 Å². The molecule has 0 atom stereocenters. The number of nitrogens with zero attached hydrogens (tertiary/aromatic N) is 1. The van der Waals surface area contributed by atoms with E-state index in [1.165, 1.54) is 12.1 Å². The number of benzene rings is 1. The molecule has 0 radical (unpaired) electrons. The molecule has 2 nitrogen and oxygen atoms in total. The van der Waals surface area contributed by atoms with Gasteiger partial charge in [0, 0.05) is 18.1 Å². The Bertz CT molecular complexity index is 368. The predicted octanol–water partition coefficient (Wildman–Crippen LogP) is 2.39. The zero-order valence-corrected chi connectivity index (χ0v) is 9.97. The van der Waals surface area contributed by atoms with Crippen LogP contribution in [0.5, 0.6) is 0 Å². The van der Waals surface area contributed by atoms with Gasteiger partial charge in [0.25, 0.3) is 0 Å². The van der Waals surface area contributed by atoms with E-state index in [4.69, 9.17) is 11.6 Å². The molecule has 1 aliphatic rings. The molecule has 0 amide bonds. The van der Waals surface area contributed by atoms with Crippen molar-refractivity contribution in [1.82, 2.24) is 4.90 Å². The summed E-state index contributed by atoms with van der Waals surface area (Å²) in [5.41, 5.74) is -0.344. The normalized spacial score (nSPS) is 21.0. The van der Waals surface area contributed by atoms with Gasteiger partial charge >= 0.3 is 0 Å². The van der Waals surface area contributed by atoms with Crippen molar-refractivity contribution in [1.29, 1.82) is 0 Å². The van der Waals surface area contributed by atoms with Crippen LogP contribution in [0.3, 0.4) is 0 Å². The van der Waals surface area contributed by atoms with E-state index in [-0.39, 0.29) is 0 Å². The van der Waals surface area contributed by atoms with Crippen LogP contribution in [-0.4, -0.2) is 30.1 Å². The third-order valence-electron chi connectivity index (χ3n) is 3.21. The quantitative estimate of drug-likeness (QED) is 0.819. The Hall–Kier alpha value is -0.640. The van der Waals surface area contributed by atoms with E-state index < -0.39 is 11.4 Å². The van der Waals surface area contributed by atoms with Crippen LogP contribution in [0.25, 0.3) is 0 Å². The van der Waals surface area contributed by atoms with Crippen molar-refractivity contribution >= 4 is 11.6 Å².